The number of aromatic amines is 1. The molecule has 0 aliphatic rings. The van der Waals surface area contributed by atoms with Gasteiger partial charge in [-0.25, -0.2) is 18.0 Å². The van der Waals surface area contributed by atoms with Crippen molar-refractivity contribution in [1.29, 1.82) is 0 Å². The maximum atomic E-state index is 14.3. The second-order valence-corrected chi connectivity index (χ2v) is 9.63. The van der Waals surface area contributed by atoms with Crippen LogP contribution >= 0.6 is 0 Å². The van der Waals surface area contributed by atoms with Crippen LogP contribution < -0.4 is 15.5 Å². The monoisotopic (exact) mass is 611 g/mol. The highest BCUT2D eigenvalue weighted by Crippen LogP contribution is 2.37. The van der Waals surface area contributed by atoms with Crippen LogP contribution in [0.4, 0.5) is 48.2 Å². The zero-order chi connectivity index (χ0) is 31.3. The molecule has 0 saturated heterocycles. The Balaban J connectivity index is 1.56. The minimum atomic E-state index is -4.49. The summed E-state index contributed by atoms with van der Waals surface area (Å²) in [6.45, 7) is -0.555. The molecule has 0 radical (unpaired) electrons. The molecule has 0 unspecified atom stereocenters. The van der Waals surface area contributed by atoms with Crippen molar-refractivity contribution in [2.24, 2.45) is 0 Å². The fourth-order valence-electron chi connectivity index (χ4n) is 4.51. The molecule has 5 rings (SSSR count). The molecular formula is C30H23F6N7O. The molecule has 4 aromatic carbocycles. The van der Waals surface area contributed by atoms with E-state index in [-0.39, 0.29) is 29.4 Å². The van der Waals surface area contributed by atoms with Gasteiger partial charge in [-0.15, -0.1) is 10.2 Å². The average molecular weight is 612 g/mol. The van der Waals surface area contributed by atoms with Crippen LogP contribution in [0.25, 0.3) is 22.5 Å². The van der Waals surface area contributed by atoms with Crippen molar-refractivity contribution < 1.29 is 31.1 Å². The first kappa shape index (κ1) is 30.1. The predicted molar refractivity (Wildman–Crippen MR) is 152 cm³/mol. The van der Waals surface area contributed by atoms with Gasteiger partial charge in [0.2, 0.25) is 5.82 Å². The number of nitrogens with one attached hydrogen (secondary N) is 3. The van der Waals surface area contributed by atoms with E-state index in [1.54, 1.807) is 36.4 Å². The highest BCUT2D eigenvalue weighted by Gasteiger charge is 2.29. The summed E-state index contributed by atoms with van der Waals surface area (Å²) in [4.78, 5) is 14.4. The molecule has 14 heteroatoms. The molecular weight excluding hydrogens is 588 g/mol. The number of hydrogen-bond donors (Lipinski definition) is 3. The first-order valence-electron chi connectivity index (χ1n) is 13.1. The topological polar surface area (TPSA) is 98.8 Å². The fraction of sp³-hybridized carbons (Fsp3) is 0.133. The van der Waals surface area contributed by atoms with Crippen LogP contribution in [0, 0.1) is 17.5 Å². The second-order valence-electron chi connectivity index (χ2n) is 9.63. The summed E-state index contributed by atoms with van der Waals surface area (Å²) >= 11 is 0. The third-order valence-electron chi connectivity index (χ3n) is 6.54. The van der Waals surface area contributed by atoms with Gasteiger partial charge >= 0.3 is 12.2 Å². The van der Waals surface area contributed by atoms with E-state index in [1.165, 1.54) is 35.2 Å². The van der Waals surface area contributed by atoms with Crippen molar-refractivity contribution in [3.05, 3.63) is 108 Å². The highest BCUT2D eigenvalue weighted by molar-refractivity contribution is 6.02. The van der Waals surface area contributed by atoms with Crippen molar-refractivity contribution in [1.82, 2.24) is 20.6 Å². The van der Waals surface area contributed by atoms with Gasteiger partial charge in [0.1, 0.15) is 17.5 Å². The lowest BCUT2D eigenvalue weighted by Crippen LogP contribution is -2.29. The lowest BCUT2D eigenvalue weighted by Gasteiger charge is -2.28. The quantitative estimate of drug-likeness (QED) is 0.150. The Kier molecular flexibility index (Phi) is 8.78. The Hall–Kier alpha value is -5.40. The van der Waals surface area contributed by atoms with Crippen molar-refractivity contribution >= 4 is 23.1 Å². The summed E-state index contributed by atoms with van der Waals surface area (Å²) in [5.41, 5.74) is 2.22. The third-order valence-corrected chi connectivity index (χ3v) is 6.54. The lowest BCUT2D eigenvalue weighted by molar-refractivity contribution is -0.132. The van der Waals surface area contributed by atoms with E-state index in [9.17, 15) is 31.1 Å². The van der Waals surface area contributed by atoms with Gasteiger partial charge in [0.05, 0.1) is 23.5 Å². The first-order valence-corrected chi connectivity index (χ1v) is 13.1. The van der Waals surface area contributed by atoms with Crippen LogP contribution in [-0.4, -0.2) is 39.4 Å². The molecule has 3 N–H and O–H groups in total. The van der Waals surface area contributed by atoms with Gasteiger partial charge in [-0.3, -0.25) is 0 Å². The molecule has 8 nitrogen and oxygen atoms in total. The Morgan fingerprint density at radius 2 is 1.52 bits per heavy atom. The molecule has 0 spiro atoms. The number of carbonyl (C=O) groups excluding carboxylic acids is 1. The Bertz CT molecular complexity index is 1740. The number of H-pyrrole nitrogens is 1. The lowest BCUT2D eigenvalue weighted by atomic mass is 9.98. The van der Waals surface area contributed by atoms with Crippen LogP contribution in [-0.2, 0) is 6.54 Å². The van der Waals surface area contributed by atoms with Crippen LogP contribution in [0.3, 0.4) is 0 Å². The number of benzene rings is 4. The molecule has 0 bridgehead atoms. The van der Waals surface area contributed by atoms with Gasteiger partial charge in [-0.05, 0) is 58.3 Å². The minimum absolute atomic E-state index is 0.0575. The van der Waals surface area contributed by atoms with Gasteiger partial charge in [-0.1, -0.05) is 42.5 Å². The molecule has 0 aliphatic carbocycles. The van der Waals surface area contributed by atoms with Gasteiger partial charge in [0.25, 0.3) is 0 Å². The molecule has 5 aromatic rings. The van der Waals surface area contributed by atoms with Crippen LogP contribution in [0.15, 0.2) is 84.9 Å². The van der Waals surface area contributed by atoms with Gasteiger partial charge < -0.3 is 15.5 Å². The molecule has 0 aliphatic heterocycles. The number of halogens is 6. The van der Waals surface area contributed by atoms with E-state index in [0.717, 1.165) is 12.1 Å². The summed E-state index contributed by atoms with van der Waals surface area (Å²) in [7, 11) is 0. The number of carbonyl (C=O) groups is 1. The molecule has 0 fully saturated rings. The van der Waals surface area contributed by atoms with Crippen molar-refractivity contribution in [3.63, 3.8) is 0 Å². The number of anilines is 3. The summed E-state index contributed by atoms with van der Waals surface area (Å²) in [6.07, 6.45) is -5.67. The van der Waals surface area contributed by atoms with Crippen molar-refractivity contribution in [2.45, 2.75) is 19.1 Å². The average Bonchev–Trinajstić information content (AvgIpc) is 3.53. The fourth-order valence-corrected chi connectivity index (χ4v) is 4.51. The highest BCUT2D eigenvalue weighted by atomic mass is 19.4. The number of amides is 2. The largest absolute Gasteiger partial charge is 0.390 e. The van der Waals surface area contributed by atoms with Gasteiger partial charge in [0.15, 0.2) is 0 Å². The van der Waals surface area contributed by atoms with Gasteiger partial charge in [-0.2, -0.15) is 18.4 Å². The van der Waals surface area contributed by atoms with Crippen LogP contribution in [0.1, 0.15) is 12.0 Å². The summed E-state index contributed by atoms with van der Waals surface area (Å²) < 4.78 is 81.3. The molecule has 1 heterocycles. The van der Waals surface area contributed by atoms with E-state index in [4.69, 9.17) is 0 Å². The summed E-state index contributed by atoms with van der Waals surface area (Å²) in [6, 6.07) is 18.7. The van der Waals surface area contributed by atoms with Crippen molar-refractivity contribution in [2.75, 3.05) is 22.1 Å². The Morgan fingerprint density at radius 1 is 0.818 bits per heavy atom. The maximum Gasteiger partial charge on any atom is 0.390 e. The first-order chi connectivity index (χ1) is 21.1. The normalized spacial score (nSPS) is 11.3. The second kappa shape index (κ2) is 12.9. The van der Waals surface area contributed by atoms with Crippen LogP contribution in [0.2, 0.25) is 0 Å². The Morgan fingerprint density at radius 3 is 2.20 bits per heavy atom. The van der Waals surface area contributed by atoms with E-state index < -0.39 is 42.6 Å². The number of rotatable bonds is 9. The number of alkyl halides is 3. The zero-order valence-corrected chi connectivity index (χ0v) is 22.7. The molecule has 1 aromatic heterocycles. The maximum absolute atomic E-state index is 14.3. The van der Waals surface area contributed by atoms with E-state index in [1.807, 2.05) is 0 Å². The minimum Gasteiger partial charge on any atom is -0.365 e. The Labute approximate surface area is 246 Å². The zero-order valence-electron chi connectivity index (χ0n) is 22.7. The molecule has 2 amide bonds. The number of tetrazole rings is 1. The number of hydrogen-bond acceptors (Lipinski definition) is 5. The van der Waals surface area contributed by atoms with E-state index >= 15 is 0 Å². The van der Waals surface area contributed by atoms with Crippen LogP contribution in [0.5, 0.6) is 0 Å². The van der Waals surface area contributed by atoms with E-state index in [2.05, 4.69) is 31.3 Å². The van der Waals surface area contributed by atoms with E-state index in [0.29, 0.717) is 28.3 Å². The molecule has 226 valence electrons. The number of aromatic nitrogens is 4. The molecule has 44 heavy (non-hydrogen) atoms. The number of nitrogens with zero attached hydrogens (tertiary/aromatic N) is 4. The standard InChI is InChI=1S/C30H23F6N7O/c31-20-8-5-18(6-9-20)17-43(14-13-30(34,35)36)27-12-7-19(22-3-1-2-4-23(22)28-39-41-42-40-28)15-26(27)38-29(44)37-25-11-10-21(32)16-24(25)33/h1-12,15-16H,13-14,17H2,(H2,37,38,44)(H,39,40,41,42). The predicted octanol–water partition coefficient (Wildman–Crippen LogP) is 7.55. The molecule has 0 saturated carbocycles. The smallest absolute Gasteiger partial charge is 0.365 e. The summed E-state index contributed by atoms with van der Waals surface area (Å²) in [5, 5.41) is 18.9. The molecule has 0 atom stereocenters. The van der Waals surface area contributed by atoms with Gasteiger partial charge in [0, 0.05) is 24.7 Å². The number of urea groups is 1. The van der Waals surface area contributed by atoms with Crippen molar-refractivity contribution in [3.8, 4) is 22.5 Å². The SMILES string of the molecule is O=C(Nc1ccc(F)cc1F)Nc1cc(-c2ccccc2-c2nn[nH]n2)ccc1N(CCC(F)(F)F)Cc1ccc(F)cc1. The summed E-state index contributed by atoms with van der Waals surface area (Å²) in [5.74, 6) is -2.09. The third kappa shape index (κ3) is 7.51.